The van der Waals surface area contributed by atoms with Crippen molar-refractivity contribution in [1.29, 1.82) is 0 Å². The van der Waals surface area contributed by atoms with E-state index in [9.17, 15) is 4.79 Å². The van der Waals surface area contributed by atoms with Crippen LogP contribution in [-0.4, -0.2) is 51.8 Å². The zero-order chi connectivity index (χ0) is 18.5. The lowest BCUT2D eigenvalue weighted by Crippen LogP contribution is -2.45. The van der Waals surface area contributed by atoms with E-state index >= 15 is 0 Å². The maximum absolute atomic E-state index is 11.8. The number of guanidine groups is 1. The molecule has 0 saturated carbocycles. The van der Waals surface area contributed by atoms with E-state index in [4.69, 9.17) is 0 Å². The van der Waals surface area contributed by atoms with Gasteiger partial charge in [-0.15, -0.1) is 0 Å². The van der Waals surface area contributed by atoms with Crippen molar-refractivity contribution in [1.82, 2.24) is 24.9 Å². The highest BCUT2D eigenvalue weighted by molar-refractivity contribution is 9.10. The number of carbonyl (C=O) groups excluding carboxylic acids is 1. The summed E-state index contributed by atoms with van der Waals surface area (Å²) in [4.78, 5) is 23.0. The number of aliphatic imine (C=N–C) groups is 1. The maximum Gasteiger partial charge on any atom is 0.222 e. The molecule has 1 fully saturated rings. The predicted octanol–water partition coefficient (Wildman–Crippen LogP) is 2.16. The first-order chi connectivity index (χ1) is 12.6. The van der Waals surface area contributed by atoms with Gasteiger partial charge in [0.1, 0.15) is 5.65 Å². The number of hydrogen-bond donors (Lipinski definition) is 2. The lowest BCUT2D eigenvalue weighted by Gasteiger charge is -2.18. The molecule has 140 valence electrons. The lowest BCUT2D eigenvalue weighted by atomic mass is 10.3. The number of imidazole rings is 1. The van der Waals surface area contributed by atoms with Crippen LogP contribution in [0.15, 0.2) is 34.0 Å². The van der Waals surface area contributed by atoms with Crippen molar-refractivity contribution in [2.45, 2.75) is 39.3 Å². The molecular weight excluding hydrogens is 396 g/mol. The van der Waals surface area contributed by atoms with Gasteiger partial charge in [-0.05, 0) is 41.4 Å². The average Bonchev–Trinajstić information content (AvgIpc) is 3.25. The van der Waals surface area contributed by atoms with Gasteiger partial charge in [0, 0.05) is 49.0 Å². The van der Waals surface area contributed by atoms with Crippen molar-refractivity contribution < 1.29 is 4.79 Å². The Balaban J connectivity index is 1.64. The molecule has 0 aromatic carbocycles. The molecule has 0 aliphatic carbocycles. The fraction of sp³-hybridized carbons (Fsp3) is 0.500. The summed E-state index contributed by atoms with van der Waals surface area (Å²) in [6, 6.07) is 4.18. The zero-order valence-corrected chi connectivity index (χ0v) is 16.8. The van der Waals surface area contributed by atoms with Crippen molar-refractivity contribution in [2.75, 3.05) is 19.6 Å². The van der Waals surface area contributed by atoms with E-state index in [1.165, 1.54) is 0 Å². The van der Waals surface area contributed by atoms with Crippen LogP contribution in [0.1, 0.15) is 32.4 Å². The van der Waals surface area contributed by atoms with Crippen LogP contribution in [0.3, 0.4) is 0 Å². The average molecular weight is 421 g/mol. The highest BCUT2D eigenvalue weighted by Gasteiger charge is 2.25. The number of aromatic nitrogens is 2. The fourth-order valence-electron chi connectivity index (χ4n) is 3.10. The molecule has 8 heteroatoms. The van der Waals surface area contributed by atoms with Gasteiger partial charge in [0.15, 0.2) is 5.96 Å². The second-order valence-electron chi connectivity index (χ2n) is 6.36. The smallest absolute Gasteiger partial charge is 0.222 e. The number of amides is 1. The summed E-state index contributed by atoms with van der Waals surface area (Å²) >= 11 is 3.47. The largest absolute Gasteiger partial charge is 0.357 e. The van der Waals surface area contributed by atoms with Crippen molar-refractivity contribution in [3.63, 3.8) is 0 Å². The summed E-state index contributed by atoms with van der Waals surface area (Å²) in [5.74, 6) is 0.980. The first-order valence-electron chi connectivity index (χ1n) is 9.04. The third kappa shape index (κ3) is 4.55. The SMILES string of the molecule is CCNC(=NCc1cn2cc(Br)ccc2n1)NC1CCN(C(=O)CC)C1. The molecule has 26 heavy (non-hydrogen) atoms. The molecule has 2 N–H and O–H groups in total. The second kappa shape index (κ2) is 8.53. The monoisotopic (exact) mass is 420 g/mol. The van der Waals surface area contributed by atoms with Crippen LogP contribution in [0.5, 0.6) is 0 Å². The van der Waals surface area contributed by atoms with Crippen molar-refractivity contribution in [3.05, 3.63) is 34.7 Å². The normalized spacial score (nSPS) is 17.7. The highest BCUT2D eigenvalue weighted by atomic mass is 79.9. The minimum Gasteiger partial charge on any atom is -0.357 e. The van der Waals surface area contributed by atoms with Gasteiger partial charge in [0.2, 0.25) is 5.91 Å². The van der Waals surface area contributed by atoms with Gasteiger partial charge >= 0.3 is 0 Å². The molecule has 0 radical (unpaired) electrons. The van der Waals surface area contributed by atoms with E-state index in [2.05, 4.69) is 36.5 Å². The number of nitrogens with zero attached hydrogens (tertiary/aromatic N) is 4. The van der Waals surface area contributed by atoms with E-state index in [1.54, 1.807) is 0 Å². The minimum atomic E-state index is 0.215. The van der Waals surface area contributed by atoms with E-state index in [0.29, 0.717) is 13.0 Å². The molecule has 1 saturated heterocycles. The standard InChI is InChI=1S/C18H25BrN6O/c1-3-17(26)24-8-7-14(11-24)23-18(20-4-2)21-9-15-12-25-10-13(19)5-6-16(25)22-15/h5-6,10,12,14H,3-4,7-9,11H2,1-2H3,(H2,20,21,23). The molecule has 7 nitrogen and oxygen atoms in total. The van der Waals surface area contributed by atoms with Crippen LogP contribution in [0.2, 0.25) is 0 Å². The highest BCUT2D eigenvalue weighted by Crippen LogP contribution is 2.13. The predicted molar refractivity (Wildman–Crippen MR) is 106 cm³/mol. The summed E-state index contributed by atoms with van der Waals surface area (Å²) in [6.45, 7) is 6.78. The van der Waals surface area contributed by atoms with E-state index in [-0.39, 0.29) is 11.9 Å². The molecule has 1 aliphatic rings. The Hall–Kier alpha value is -2.09. The van der Waals surface area contributed by atoms with Crippen LogP contribution in [0.25, 0.3) is 5.65 Å². The number of carbonyl (C=O) groups is 1. The molecule has 2 aromatic rings. The minimum absolute atomic E-state index is 0.215. The van der Waals surface area contributed by atoms with Gasteiger partial charge in [-0.1, -0.05) is 6.92 Å². The molecular formula is C18H25BrN6O. The number of fused-ring (bicyclic) bond motifs is 1. The van der Waals surface area contributed by atoms with Crippen molar-refractivity contribution in [2.24, 2.45) is 4.99 Å². The topological polar surface area (TPSA) is 74.0 Å². The molecule has 1 unspecified atom stereocenters. The molecule has 2 aromatic heterocycles. The summed E-state index contributed by atoms with van der Waals surface area (Å²) in [5.41, 5.74) is 1.82. The fourth-order valence-corrected chi connectivity index (χ4v) is 3.45. The molecule has 3 heterocycles. The molecule has 3 rings (SSSR count). The molecule has 1 atom stereocenters. The summed E-state index contributed by atoms with van der Waals surface area (Å²) in [6.07, 6.45) is 5.48. The van der Waals surface area contributed by atoms with Crippen LogP contribution >= 0.6 is 15.9 Å². The summed E-state index contributed by atoms with van der Waals surface area (Å²) < 4.78 is 3.00. The molecule has 0 spiro atoms. The Morgan fingerprint density at radius 1 is 1.38 bits per heavy atom. The number of nitrogens with one attached hydrogen (secondary N) is 2. The quantitative estimate of drug-likeness (QED) is 0.573. The zero-order valence-electron chi connectivity index (χ0n) is 15.2. The van der Waals surface area contributed by atoms with E-state index in [1.807, 2.05) is 47.7 Å². The number of rotatable bonds is 5. The second-order valence-corrected chi connectivity index (χ2v) is 7.28. The van der Waals surface area contributed by atoms with E-state index in [0.717, 1.165) is 47.8 Å². The van der Waals surface area contributed by atoms with Gasteiger partial charge in [-0.25, -0.2) is 9.98 Å². The number of halogens is 1. The first-order valence-corrected chi connectivity index (χ1v) is 9.84. The lowest BCUT2D eigenvalue weighted by molar-refractivity contribution is -0.129. The van der Waals surface area contributed by atoms with Crippen LogP contribution in [0.4, 0.5) is 0 Å². The van der Waals surface area contributed by atoms with E-state index < -0.39 is 0 Å². The van der Waals surface area contributed by atoms with Crippen molar-refractivity contribution >= 4 is 33.4 Å². The van der Waals surface area contributed by atoms with Crippen LogP contribution in [-0.2, 0) is 11.3 Å². The van der Waals surface area contributed by atoms with Gasteiger partial charge in [-0.2, -0.15) is 0 Å². The number of likely N-dealkylation sites (tertiary alicyclic amines) is 1. The first kappa shape index (κ1) is 18.7. The van der Waals surface area contributed by atoms with Crippen LogP contribution < -0.4 is 10.6 Å². The van der Waals surface area contributed by atoms with Crippen molar-refractivity contribution in [3.8, 4) is 0 Å². The van der Waals surface area contributed by atoms with Gasteiger partial charge in [0.25, 0.3) is 0 Å². The molecule has 1 amide bonds. The van der Waals surface area contributed by atoms with Gasteiger partial charge in [0.05, 0.1) is 12.2 Å². The Labute approximate surface area is 162 Å². The van der Waals surface area contributed by atoms with Gasteiger partial charge in [-0.3, -0.25) is 4.79 Å². The number of pyridine rings is 1. The number of hydrogen-bond acceptors (Lipinski definition) is 3. The van der Waals surface area contributed by atoms with Crippen LogP contribution in [0, 0.1) is 0 Å². The Morgan fingerprint density at radius 2 is 2.23 bits per heavy atom. The Morgan fingerprint density at radius 3 is 3.00 bits per heavy atom. The van der Waals surface area contributed by atoms with Gasteiger partial charge < -0.3 is 19.9 Å². The summed E-state index contributed by atoms with van der Waals surface area (Å²) in [7, 11) is 0. The summed E-state index contributed by atoms with van der Waals surface area (Å²) in [5, 5.41) is 6.72. The third-order valence-corrected chi connectivity index (χ3v) is 4.86. The molecule has 1 aliphatic heterocycles. The third-order valence-electron chi connectivity index (χ3n) is 4.39. The maximum atomic E-state index is 11.8. The Bertz CT molecular complexity index is 802. The Kier molecular flexibility index (Phi) is 6.13. The molecule has 0 bridgehead atoms.